The summed E-state index contributed by atoms with van der Waals surface area (Å²) in [7, 11) is 1.82. The number of hydrogen-bond acceptors (Lipinski definition) is 5. The first-order chi connectivity index (χ1) is 13.0. The molecule has 2 heterocycles. The molecule has 0 radical (unpaired) electrons. The molecule has 0 aliphatic carbocycles. The third-order valence-electron chi connectivity index (χ3n) is 5.49. The molecule has 0 amide bonds. The average molecular weight is 521 g/mol. The van der Waals surface area contributed by atoms with Crippen LogP contribution in [0.4, 0.5) is 0 Å². The van der Waals surface area contributed by atoms with Gasteiger partial charge in [-0.05, 0) is 50.6 Å². The lowest BCUT2D eigenvalue weighted by molar-refractivity contribution is 0.0513. The van der Waals surface area contributed by atoms with Gasteiger partial charge in [0.15, 0.2) is 17.5 Å². The first-order valence-corrected chi connectivity index (χ1v) is 10.7. The summed E-state index contributed by atoms with van der Waals surface area (Å²) in [5.41, 5.74) is 1.26. The molecule has 3 rings (SSSR count). The first-order valence-electron chi connectivity index (χ1n) is 9.46. The predicted octanol–water partition coefficient (Wildman–Crippen LogP) is 3.39. The van der Waals surface area contributed by atoms with E-state index >= 15 is 0 Å². The lowest BCUT2D eigenvalue weighted by Gasteiger charge is -2.38. The van der Waals surface area contributed by atoms with E-state index in [4.69, 9.17) is 14.2 Å². The summed E-state index contributed by atoms with van der Waals surface area (Å²) in [6.07, 6.45) is 4.06. The van der Waals surface area contributed by atoms with Gasteiger partial charge >= 0.3 is 0 Å². The molecular weight excluding hydrogens is 489 g/mol. The van der Waals surface area contributed by atoms with Crippen LogP contribution in [-0.2, 0) is 10.2 Å². The molecule has 0 unspecified atom stereocenters. The van der Waals surface area contributed by atoms with Gasteiger partial charge in [0, 0.05) is 43.5 Å². The Balaban J connectivity index is 0.00000280. The molecule has 2 N–H and O–H groups in total. The summed E-state index contributed by atoms with van der Waals surface area (Å²) in [5, 5.41) is 7.00. The number of hydrogen-bond donors (Lipinski definition) is 2. The van der Waals surface area contributed by atoms with Gasteiger partial charge in [-0.1, -0.05) is 6.07 Å². The Morgan fingerprint density at radius 3 is 2.57 bits per heavy atom. The Labute approximate surface area is 189 Å². The molecule has 6 nitrogen and oxygen atoms in total. The molecule has 2 aliphatic heterocycles. The highest BCUT2D eigenvalue weighted by atomic mass is 127. The molecule has 0 atom stereocenters. The molecule has 1 fully saturated rings. The van der Waals surface area contributed by atoms with Gasteiger partial charge in [0.05, 0.1) is 0 Å². The van der Waals surface area contributed by atoms with E-state index < -0.39 is 0 Å². The van der Waals surface area contributed by atoms with Gasteiger partial charge in [-0.15, -0.1) is 24.0 Å². The molecule has 0 aromatic heterocycles. The van der Waals surface area contributed by atoms with Crippen LogP contribution in [0.3, 0.4) is 0 Å². The largest absolute Gasteiger partial charge is 0.454 e. The summed E-state index contributed by atoms with van der Waals surface area (Å²) < 4.78 is 16.9. The van der Waals surface area contributed by atoms with Crippen LogP contribution in [0.5, 0.6) is 11.5 Å². The second-order valence-corrected chi connectivity index (χ2v) is 9.22. The van der Waals surface area contributed by atoms with Crippen LogP contribution >= 0.6 is 35.7 Å². The van der Waals surface area contributed by atoms with Crippen LogP contribution in [0.2, 0.25) is 0 Å². The fourth-order valence-corrected chi connectivity index (χ4v) is 3.61. The van der Waals surface area contributed by atoms with Crippen molar-refractivity contribution >= 4 is 41.7 Å². The Kier molecular flexibility index (Phi) is 8.57. The summed E-state index contributed by atoms with van der Waals surface area (Å²) in [6, 6.07) is 6.30. The quantitative estimate of drug-likeness (QED) is 0.340. The number of aliphatic imine (C=N–C) groups is 1. The molecule has 28 heavy (non-hydrogen) atoms. The van der Waals surface area contributed by atoms with Crippen molar-refractivity contribution in [2.24, 2.45) is 4.99 Å². The second kappa shape index (κ2) is 10.2. The Hall–Kier alpha value is -0.870. The molecule has 2 aliphatic rings. The van der Waals surface area contributed by atoms with Crippen molar-refractivity contribution in [3.05, 3.63) is 23.8 Å². The second-order valence-electron chi connectivity index (χ2n) is 7.70. The SMILES string of the molecule is CN=C(NCC(C)(C)SC)NCC1(c2ccc3c(c2)OCO3)CCOCC1.I. The lowest BCUT2D eigenvalue weighted by atomic mass is 9.74. The number of guanidine groups is 1. The van der Waals surface area contributed by atoms with Crippen molar-refractivity contribution in [2.75, 3.05) is 46.4 Å². The molecular formula is C20H32IN3O3S. The van der Waals surface area contributed by atoms with Gasteiger partial charge < -0.3 is 24.8 Å². The highest BCUT2D eigenvalue weighted by Crippen LogP contribution is 2.40. The summed E-state index contributed by atoms with van der Waals surface area (Å²) in [4.78, 5) is 4.40. The van der Waals surface area contributed by atoms with E-state index in [2.05, 4.69) is 47.9 Å². The van der Waals surface area contributed by atoms with E-state index in [-0.39, 0.29) is 34.1 Å². The zero-order chi connectivity index (χ0) is 19.3. The Morgan fingerprint density at radius 2 is 1.89 bits per heavy atom. The maximum absolute atomic E-state index is 5.65. The van der Waals surface area contributed by atoms with Crippen molar-refractivity contribution in [3.8, 4) is 11.5 Å². The molecule has 8 heteroatoms. The maximum Gasteiger partial charge on any atom is 0.231 e. The highest BCUT2D eigenvalue weighted by Gasteiger charge is 2.36. The van der Waals surface area contributed by atoms with Gasteiger partial charge in [0.2, 0.25) is 6.79 Å². The molecule has 1 saturated heterocycles. The van der Waals surface area contributed by atoms with Crippen molar-refractivity contribution < 1.29 is 14.2 Å². The molecule has 0 saturated carbocycles. The van der Waals surface area contributed by atoms with Crippen LogP contribution in [0.1, 0.15) is 32.3 Å². The minimum Gasteiger partial charge on any atom is -0.454 e. The number of nitrogens with one attached hydrogen (secondary N) is 2. The van der Waals surface area contributed by atoms with Crippen LogP contribution in [0, 0.1) is 0 Å². The zero-order valence-electron chi connectivity index (χ0n) is 17.2. The van der Waals surface area contributed by atoms with Gasteiger partial charge in [0.1, 0.15) is 0 Å². The van der Waals surface area contributed by atoms with Gasteiger partial charge in [-0.2, -0.15) is 11.8 Å². The van der Waals surface area contributed by atoms with Crippen LogP contribution in [0.15, 0.2) is 23.2 Å². The maximum atomic E-state index is 5.65. The molecule has 1 aromatic rings. The van der Waals surface area contributed by atoms with E-state index in [1.807, 2.05) is 24.9 Å². The first kappa shape index (κ1) is 23.4. The lowest BCUT2D eigenvalue weighted by Crippen LogP contribution is -2.49. The minimum atomic E-state index is -0.00806. The standard InChI is InChI=1S/C20H31N3O3S.HI/c1-19(2,27-4)12-22-18(21-3)23-13-20(7-9-24-10-8-20)15-5-6-16-17(11-15)26-14-25-16;/h5-6,11H,7-10,12-14H2,1-4H3,(H2,21,22,23);1H. The molecule has 0 spiro atoms. The summed E-state index contributed by atoms with van der Waals surface area (Å²) in [6.45, 7) is 7.94. The van der Waals surface area contributed by atoms with Gasteiger partial charge in [-0.3, -0.25) is 4.99 Å². The molecule has 0 bridgehead atoms. The van der Waals surface area contributed by atoms with Gasteiger partial charge in [0.25, 0.3) is 0 Å². The molecule has 1 aromatic carbocycles. The van der Waals surface area contributed by atoms with Crippen molar-refractivity contribution in [1.29, 1.82) is 0 Å². The van der Waals surface area contributed by atoms with Crippen molar-refractivity contribution in [1.82, 2.24) is 10.6 Å². The monoisotopic (exact) mass is 521 g/mol. The summed E-state index contributed by atoms with van der Waals surface area (Å²) in [5.74, 6) is 2.50. The van der Waals surface area contributed by atoms with Gasteiger partial charge in [-0.25, -0.2) is 0 Å². The topological polar surface area (TPSA) is 64.1 Å². The number of thioether (sulfide) groups is 1. The number of benzene rings is 1. The Morgan fingerprint density at radius 1 is 1.18 bits per heavy atom. The van der Waals surface area contributed by atoms with E-state index in [9.17, 15) is 0 Å². The van der Waals surface area contributed by atoms with Crippen molar-refractivity contribution in [2.45, 2.75) is 36.9 Å². The minimum absolute atomic E-state index is 0. The zero-order valence-corrected chi connectivity index (χ0v) is 20.3. The third kappa shape index (κ3) is 5.60. The third-order valence-corrected chi connectivity index (χ3v) is 6.74. The number of ether oxygens (including phenoxy) is 3. The number of nitrogens with zero attached hydrogens (tertiary/aromatic N) is 1. The average Bonchev–Trinajstić information content (AvgIpc) is 3.16. The van der Waals surface area contributed by atoms with Crippen molar-refractivity contribution in [3.63, 3.8) is 0 Å². The van der Waals surface area contributed by atoms with E-state index in [1.165, 1.54) is 5.56 Å². The van der Waals surface area contributed by atoms with Crippen LogP contribution in [-0.4, -0.2) is 57.1 Å². The number of rotatable bonds is 6. The van der Waals surface area contributed by atoms with E-state index in [0.717, 1.165) is 56.6 Å². The molecule has 158 valence electrons. The highest BCUT2D eigenvalue weighted by molar-refractivity contribution is 14.0. The van der Waals surface area contributed by atoms with E-state index in [0.29, 0.717) is 6.79 Å². The number of fused-ring (bicyclic) bond motifs is 1. The Bertz CT molecular complexity index is 679. The fourth-order valence-electron chi connectivity index (χ4n) is 3.40. The normalized spacial score (nSPS) is 18.4. The van der Waals surface area contributed by atoms with E-state index in [1.54, 1.807) is 0 Å². The predicted molar refractivity (Wildman–Crippen MR) is 127 cm³/mol. The number of halogens is 1. The fraction of sp³-hybridized carbons (Fsp3) is 0.650. The smallest absolute Gasteiger partial charge is 0.231 e. The summed E-state index contributed by atoms with van der Waals surface area (Å²) >= 11 is 1.85. The van der Waals surface area contributed by atoms with Crippen LogP contribution < -0.4 is 20.1 Å². The van der Waals surface area contributed by atoms with Crippen LogP contribution in [0.25, 0.3) is 0 Å².